The molecule has 0 unspecified atom stereocenters. The van der Waals surface area contributed by atoms with Gasteiger partial charge in [-0.3, -0.25) is 9.59 Å². The summed E-state index contributed by atoms with van der Waals surface area (Å²) in [6.07, 6.45) is 1.80. The quantitative estimate of drug-likeness (QED) is 0.824. The molecular formula is C18H20N2O4S. The van der Waals surface area contributed by atoms with Gasteiger partial charge in [-0.15, -0.1) is 0 Å². The molecule has 0 bridgehead atoms. The summed E-state index contributed by atoms with van der Waals surface area (Å²) in [5, 5.41) is 5.19. The highest BCUT2D eigenvalue weighted by molar-refractivity contribution is 7.90. The smallest absolute Gasteiger partial charge is 0.253 e. The van der Waals surface area contributed by atoms with Gasteiger partial charge in [0, 0.05) is 11.9 Å². The van der Waals surface area contributed by atoms with Gasteiger partial charge in [0.05, 0.1) is 17.0 Å². The third-order valence-electron chi connectivity index (χ3n) is 3.61. The molecule has 6 nitrogen and oxygen atoms in total. The van der Waals surface area contributed by atoms with Crippen molar-refractivity contribution in [2.75, 3.05) is 18.1 Å². The van der Waals surface area contributed by atoms with Gasteiger partial charge in [0.1, 0.15) is 0 Å². The first-order valence-electron chi connectivity index (χ1n) is 7.78. The standard InChI is InChI=1S/C18H20N2O4S/c1-3-13-8-4-6-10-15(13)20-17(21)12-19-18(22)14-9-5-7-11-16(14)25(2,23)24/h4-11H,3,12H2,1-2H3,(H,19,22)(H,20,21). The number of aryl methyl sites for hydroxylation is 1. The summed E-state index contributed by atoms with van der Waals surface area (Å²) in [6, 6.07) is 13.3. The fraction of sp³-hybridized carbons (Fsp3) is 0.222. The number of hydrogen-bond acceptors (Lipinski definition) is 4. The van der Waals surface area contributed by atoms with Crippen molar-refractivity contribution in [3.63, 3.8) is 0 Å². The molecule has 2 amide bonds. The number of rotatable bonds is 6. The number of carbonyl (C=O) groups excluding carboxylic acids is 2. The van der Waals surface area contributed by atoms with E-state index >= 15 is 0 Å². The summed E-state index contributed by atoms with van der Waals surface area (Å²) in [5.74, 6) is -0.994. The molecule has 0 spiro atoms. The van der Waals surface area contributed by atoms with E-state index in [9.17, 15) is 18.0 Å². The molecule has 7 heteroatoms. The Morgan fingerprint density at radius 3 is 2.32 bits per heavy atom. The first-order valence-corrected chi connectivity index (χ1v) is 9.67. The molecule has 2 rings (SSSR count). The minimum absolute atomic E-state index is 0.0201. The van der Waals surface area contributed by atoms with Crippen molar-refractivity contribution in [2.45, 2.75) is 18.2 Å². The Bertz CT molecular complexity index is 891. The number of carbonyl (C=O) groups is 2. The first kappa shape index (κ1) is 18.7. The van der Waals surface area contributed by atoms with E-state index < -0.39 is 15.7 Å². The van der Waals surface area contributed by atoms with Crippen LogP contribution in [0.4, 0.5) is 5.69 Å². The summed E-state index contributed by atoms with van der Waals surface area (Å²) in [4.78, 5) is 24.2. The summed E-state index contributed by atoms with van der Waals surface area (Å²) in [5.41, 5.74) is 1.71. The summed E-state index contributed by atoms with van der Waals surface area (Å²) in [6.45, 7) is 1.73. The first-order chi connectivity index (χ1) is 11.8. The van der Waals surface area contributed by atoms with Gasteiger partial charge in [-0.25, -0.2) is 8.42 Å². The summed E-state index contributed by atoms with van der Waals surface area (Å²) >= 11 is 0. The van der Waals surface area contributed by atoms with E-state index in [0.29, 0.717) is 5.69 Å². The van der Waals surface area contributed by atoms with E-state index in [-0.39, 0.29) is 22.9 Å². The molecule has 0 atom stereocenters. The van der Waals surface area contributed by atoms with Crippen LogP contribution in [0.1, 0.15) is 22.8 Å². The Labute approximate surface area is 147 Å². The lowest BCUT2D eigenvalue weighted by atomic mass is 10.1. The third-order valence-corrected chi connectivity index (χ3v) is 4.77. The van der Waals surface area contributed by atoms with Crippen molar-refractivity contribution in [3.8, 4) is 0 Å². The lowest BCUT2D eigenvalue weighted by molar-refractivity contribution is -0.115. The molecule has 2 aromatic carbocycles. The predicted molar refractivity (Wildman–Crippen MR) is 96.3 cm³/mol. The zero-order valence-corrected chi connectivity index (χ0v) is 14.9. The van der Waals surface area contributed by atoms with Gasteiger partial charge < -0.3 is 10.6 Å². The topological polar surface area (TPSA) is 92.3 Å². The van der Waals surface area contributed by atoms with Crippen LogP contribution in [-0.2, 0) is 21.1 Å². The van der Waals surface area contributed by atoms with Gasteiger partial charge in [0.25, 0.3) is 5.91 Å². The van der Waals surface area contributed by atoms with Crippen LogP contribution in [-0.4, -0.2) is 33.0 Å². The van der Waals surface area contributed by atoms with Crippen LogP contribution in [0.2, 0.25) is 0 Å². The molecule has 2 aromatic rings. The van der Waals surface area contributed by atoms with Gasteiger partial charge in [0.2, 0.25) is 5.91 Å². The Morgan fingerprint density at radius 1 is 1.00 bits per heavy atom. The molecule has 0 saturated carbocycles. The van der Waals surface area contributed by atoms with Crippen molar-refractivity contribution in [1.82, 2.24) is 5.32 Å². The zero-order valence-electron chi connectivity index (χ0n) is 14.1. The molecule has 0 fully saturated rings. The van der Waals surface area contributed by atoms with Crippen molar-refractivity contribution in [2.24, 2.45) is 0 Å². The zero-order chi connectivity index (χ0) is 18.4. The van der Waals surface area contributed by atoms with Crippen LogP contribution in [0.5, 0.6) is 0 Å². The molecule has 0 aromatic heterocycles. The van der Waals surface area contributed by atoms with Crippen LogP contribution in [0.25, 0.3) is 0 Å². The molecule has 0 saturated heterocycles. The molecule has 0 radical (unpaired) electrons. The van der Waals surface area contributed by atoms with Crippen molar-refractivity contribution in [1.29, 1.82) is 0 Å². The van der Waals surface area contributed by atoms with E-state index in [4.69, 9.17) is 0 Å². The second kappa shape index (κ2) is 7.94. The van der Waals surface area contributed by atoms with E-state index in [1.54, 1.807) is 18.2 Å². The van der Waals surface area contributed by atoms with Crippen LogP contribution in [0.3, 0.4) is 0 Å². The normalized spacial score (nSPS) is 11.0. The van der Waals surface area contributed by atoms with Gasteiger partial charge in [0.15, 0.2) is 9.84 Å². The number of nitrogens with one attached hydrogen (secondary N) is 2. The number of para-hydroxylation sites is 1. The van der Waals surface area contributed by atoms with Crippen molar-refractivity contribution in [3.05, 3.63) is 59.7 Å². The number of benzene rings is 2. The number of amides is 2. The SMILES string of the molecule is CCc1ccccc1NC(=O)CNC(=O)c1ccccc1S(C)(=O)=O. The van der Waals surface area contributed by atoms with Crippen molar-refractivity contribution >= 4 is 27.3 Å². The predicted octanol–water partition coefficient (Wildman–Crippen LogP) is 2.02. The molecule has 25 heavy (non-hydrogen) atoms. The molecule has 0 aliphatic rings. The average molecular weight is 360 g/mol. The monoisotopic (exact) mass is 360 g/mol. The summed E-state index contributed by atoms with van der Waals surface area (Å²) < 4.78 is 23.5. The van der Waals surface area contributed by atoms with Crippen LogP contribution in [0, 0.1) is 0 Å². The van der Waals surface area contributed by atoms with Gasteiger partial charge in [-0.05, 0) is 30.2 Å². The molecule has 2 N–H and O–H groups in total. The highest BCUT2D eigenvalue weighted by Gasteiger charge is 2.18. The maximum Gasteiger partial charge on any atom is 0.253 e. The highest BCUT2D eigenvalue weighted by Crippen LogP contribution is 2.16. The Hall–Kier alpha value is -2.67. The maximum absolute atomic E-state index is 12.2. The molecule has 0 aliphatic carbocycles. The van der Waals surface area contributed by atoms with Gasteiger partial charge in [-0.2, -0.15) is 0 Å². The number of hydrogen-bond donors (Lipinski definition) is 2. The minimum Gasteiger partial charge on any atom is -0.343 e. The van der Waals surface area contributed by atoms with Gasteiger partial charge >= 0.3 is 0 Å². The largest absolute Gasteiger partial charge is 0.343 e. The fourth-order valence-corrected chi connectivity index (χ4v) is 3.26. The fourth-order valence-electron chi connectivity index (χ4n) is 2.38. The Morgan fingerprint density at radius 2 is 1.64 bits per heavy atom. The van der Waals surface area contributed by atoms with E-state index in [1.165, 1.54) is 12.1 Å². The molecular weight excluding hydrogens is 340 g/mol. The number of anilines is 1. The lowest BCUT2D eigenvalue weighted by Crippen LogP contribution is -2.33. The molecule has 132 valence electrons. The van der Waals surface area contributed by atoms with E-state index in [2.05, 4.69) is 10.6 Å². The summed E-state index contributed by atoms with van der Waals surface area (Å²) in [7, 11) is -3.54. The molecule has 0 heterocycles. The van der Waals surface area contributed by atoms with Crippen molar-refractivity contribution < 1.29 is 18.0 Å². The third kappa shape index (κ3) is 4.90. The minimum atomic E-state index is -3.54. The number of sulfone groups is 1. The van der Waals surface area contributed by atoms with E-state index in [1.807, 2.05) is 25.1 Å². The second-order valence-corrected chi connectivity index (χ2v) is 7.49. The van der Waals surface area contributed by atoms with Gasteiger partial charge in [-0.1, -0.05) is 37.3 Å². The van der Waals surface area contributed by atoms with E-state index in [0.717, 1.165) is 18.2 Å². The Kier molecular flexibility index (Phi) is 5.93. The van der Waals surface area contributed by atoms with Crippen LogP contribution < -0.4 is 10.6 Å². The average Bonchev–Trinajstić information content (AvgIpc) is 2.59. The Balaban J connectivity index is 2.05. The maximum atomic E-state index is 12.2. The molecule has 0 aliphatic heterocycles. The van der Waals surface area contributed by atoms with Crippen LogP contribution in [0.15, 0.2) is 53.4 Å². The highest BCUT2D eigenvalue weighted by atomic mass is 32.2. The van der Waals surface area contributed by atoms with Crippen LogP contribution >= 0.6 is 0 Å². The lowest BCUT2D eigenvalue weighted by Gasteiger charge is -2.11. The second-order valence-electron chi connectivity index (χ2n) is 5.51.